The topological polar surface area (TPSA) is 89.1 Å². The lowest BCUT2D eigenvalue weighted by Crippen LogP contribution is -2.27. The van der Waals surface area contributed by atoms with E-state index in [0.29, 0.717) is 47.9 Å². The molecular weight excluding hydrogens is 386 g/mol. The van der Waals surface area contributed by atoms with Crippen molar-refractivity contribution >= 4 is 23.2 Å². The van der Waals surface area contributed by atoms with Crippen LogP contribution in [0, 0.1) is 0 Å². The zero-order valence-electron chi connectivity index (χ0n) is 18.1. The second-order valence-corrected chi connectivity index (χ2v) is 6.78. The molecule has 2 aromatic rings. The molecule has 0 aliphatic rings. The number of hydrogen-bond donors (Lipinski definition) is 2. The first-order valence-electron chi connectivity index (χ1n) is 9.52. The Labute approximate surface area is 177 Å². The van der Waals surface area contributed by atoms with Gasteiger partial charge in [-0.2, -0.15) is 0 Å². The van der Waals surface area contributed by atoms with Gasteiger partial charge >= 0.3 is 0 Å². The number of rotatable bonds is 10. The minimum Gasteiger partial charge on any atom is -0.497 e. The molecular formula is C22H29N3O5. The van der Waals surface area contributed by atoms with Crippen molar-refractivity contribution in [3.05, 3.63) is 47.5 Å². The number of carbonyl (C=O) groups excluding carboxylic acids is 2. The zero-order valence-corrected chi connectivity index (χ0v) is 18.1. The van der Waals surface area contributed by atoms with Crippen LogP contribution in [-0.2, 0) is 4.74 Å². The van der Waals surface area contributed by atoms with E-state index in [2.05, 4.69) is 10.6 Å². The van der Waals surface area contributed by atoms with E-state index in [1.807, 2.05) is 19.0 Å². The molecule has 0 spiro atoms. The highest BCUT2D eigenvalue weighted by Crippen LogP contribution is 2.25. The van der Waals surface area contributed by atoms with Crippen molar-refractivity contribution < 1.29 is 23.8 Å². The van der Waals surface area contributed by atoms with Crippen molar-refractivity contribution in [3.8, 4) is 11.5 Å². The van der Waals surface area contributed by atoms with Crippen LogP contribution in [0.15, 0.2) is 36.4 Å². The maximum atomic E-state index is 12.7. The van der Waals surface area contributed by atoms with Gasteiger partial charge in [-0.3, -0.25) is 9.59 Å². The number of amides is 2. The molecule has 2 rings (SSSR count). The van der Waals surface area contributed by atoms with Gasteiger partial charge in [0, 0.05) is 57.4 Å². The van der Waals surface area contributed by atoms with Crippen LogP contribution in [0.25, 0.3) is 0 Å². The predicted molar refractivity (Wildman–Crippen MR) is 117 cm³/mol. The van der Waals surface area contributed by atoms with E-state index >= 15 is 0 Å². The lowest BCUT2D eigenvalue weighted by atomic mass is 10.1. The second-order valence-electron chi connectivity index (χ2n) is 6.78. The number of nitrogens with zero attached hydrogens (tertiary/aromatic N) is 1. The summed E-state index contributed by atoms with van der Waals surface area (Å²) < 4.78 is 15.4. The van der Waals surface area contributed by atoms with Gasteiger partial charge in [0.15, 0.2) is 0 Å². The monoisotopic (exact) mass is 415 g/mol. The number of benzene rings is 2. The number of anilines is 2. The fraction of sp³-hybridized carbons (Fsp3) is 0.364. The minimum absolute atomic E-state index is 0.214. The molecule has 0 bridgehead atoms. The third-order valence-electron chi connectivity index (χ3n) is 4.41. The first-order chi connectivity index (χ1) is 14.4. The Morgan fingerprint density at radius 1 is 0.933 bits per heavy atom. The smallest absolute Gasteiger partial charge is 0.255 e. The number of methoxy groups -OCH3 is 3. The minimum atomic E-state index is -0.337. The van der Waals surface area contributed by atoms with Crippen LogP contribution >= 0.6 is 0 Å². The van der Waals surface area contributed by atoms with Crippen LogP contribution < -0.4 is 25.0 Å². The van der Waals surface area contributed by atoms with Crippen molar-refractivity contribution in [1.29, 1.82) is 0 Å². The van der Waals surface area contributed by atoms with Crippen molar-refractivity contribution in [2.75, 3.05) is 58.8 Å². The maximum absolute atomic E-state index is 12.7. The molecule has 2 amide bonds. The molecule has 0 heterocycles. The molecule has 0 radical (unpaired) electrons. The predicted octanol–water partition coefficient (Wildman–Crippen LogP) is 2.79. The van der Waals surface area contributed by atoms with Gasteiger partial charge < -0.3 is 29.7 Å². The molecule has 30 heavy (non-hydrogen) atoms. The van der Waals surface area contributed by atoms with E-state index in [0.717, 1.165) is 5.69 Å². The summed E-state index contributed by atoms with van der Waals surface area (Å²) in [5.41, 5.74) is 2.11. The third kappa shape index (κ3) is 6.12. The van der Waals surface area contributed by atoms with Crippen LogP contribution in [-0.4, -0.2) is 60.4 Å². The molecule has 2 N–H and O–H groups in total. The van der Waals surface area contributed by atoms with E-state index in [1.54, 1.807) is 43.5 Å². The van der Waals surface area contributed by atoms with Crippen LogP contribution in [0.4, 0.5) is 11.4 Å². The Balaban J connectivity index is 2.23. The number of carbonyl (C=O) groups is 2. The second kappa shape index (κ2) is 11.1. The van der Waals surface area contributed by atoms with Gasteiger partial charge in [-0.1, -0.05) is 0 Å². The summed E-state index contributed by atoms with van der Waals surface area (Å²) in [6.07, 6.45) is 0.716. The summed E-state index contributed by atoms with van der Waals surface area (Å²) in [7, 11) is 8.38. The van der Waals surface area contributed by atoms with Gasteiger partial charge in [0.1, 0.15) is 11.5 Å². The van der Waals surface area contributed by atoms with Crippen LogP contribution in [0.3, 0.4) is 0 Å². The van der Waals surface area contributed by atoms with Gasteiger partial charge in [0.25, 0.3) is 11.8 Å². The van der Waals surface area contributed by atoms with Crippen molar-refractivity contribution in [2.45, 2.75) is 6.42 Å². The Kier molecular flexibility index (Phi) is 8.49. The Bertz CT molecular complexity index is 861. The highest BCUT2D eigenvalue weighted by Gasteiger charge is 2.16. The molecule has 8 nitrogen and oxygen atoms in total. The third-order valence-corrected chi connectivity index (χ3v) is 4.41. The summed E-state index contributed by atoms with van der Waals surface area (Å²) in [4.78, 5) is 27.3. The van der Waals surface area contributed by atoms with Crippen LogP contribution in [0.2, 0.25) is 0 Å². The molecule has 0 aliphatic heterocycles. The van der Waals surface area contributed by atoms with E-state index < -0.39 is 0 Å². The standard InChI is InChI=1S/C22H29N3O5/c1-25(2)20-8-7-16(13-19(20)22(27)23-9-6-10-28-3)24-21(26)15-11-17(29-4)14-18(12-15)30-5/h7-8,11-14H,6,9-10H2,1-5H3,(H,23,27)(H,24,26). The van der Waals surface area contributed by atoms with Crippen molar-refractivity contribution in [2.24, 2.45) is 0 Å². The molecule has 8 heteroatoms. The molecule has 0 saturated heterocycles. The van der Waals surface area contributed by atoms with Gasteiger partial charge in [-0.15, -0.1) is 0 Å². The Morgan fingerprint density at radius 3 is 2.17 bits per heavy atom. The Morgan fingerprint density at radius 2 is 1.60 bits per heavy atom. The fourth-order valence-electron chi connectivity index (χ4n) is 2.84. The molecule has 0 atom stereocenters. The lowest BCUT2D eigenvalue weighted by molar-refractivity contribution is 0.0947. The highest BCUT2D eigenvalue weighted by molar-refractivity contribution is 6.06. The van der Waals surface area contributed by atoms with E-state index in [1.165, 1.54) is 14.2 Å². The molecule has 162 valence electrons. The number of ether oxygens (including phenoxy) is 3. The van der Waals surface area contributed by atoms with Crippen molar-refractivity contribution in [3.63, 3.8) is 0 Å². The average Bonchev–Trinajstić information content (AvgIpc) is 2.75. The highest BCUT2D eigenvalue weighted by atomic mass is 16.5. The average molecular weight is 415 g/mol. The van der Waals surface area contributed by atoms with Crippen molar-refractivity contribution in [1.82, 2.24) is 5.32 Å². The normalized spacial score (nSPS) is 10.3. The van der Waals surface area contributed by atoms with Crippen LogP contribution in [0.1, 0.15) is 27.1 Å². The number of hydrogen-bond acceptors (Lipinski definition) is 6. The summed E-state index contributed by atoms with van der Waals surface area (Å²) in [6, 6.07) is 10.1. The van der Waals surface area contributed by atoms with Gasteiger partial charge in [-0.05, 0) is 36.8 Å². The van der Waals surface area contributed by atoms with Crippen LogP contribution in [0.5, 0.6) is 11.5 Å². The maximum Gasteiger partial charge on any atom is 0.255 e. The molecule has 0 unspecified atom stereocenters. The molecule has 2 aromatic carbocycles. The van der Waals surface area contributed by atoms with Gasteiger partial charge in [0.2, 0.25) is 0 Å². The first-order valence-corrected chi connectivity index (χ1v) is 9.52. The lowest BCUT2D eigenvalue weighted by Gasteiger charge is -2.18. The molecule has 0 fully saturated rings. The van der Waals surface area contributed by atoms with Gasteiger partial charge in [-0.25, -0.2) is 0 Å². The fourth-order valence-corrected chi connectivity index (χ4v) is 2.84. The van der Waals surface area contributed by atoms with E-state index in [9.17, 15) is 9.59 Å². The summed E-state index contributed by atoms with van der Waals surface area (Å²) >= 11 is 0. The SMILES string of the molecule is COCCCNC(=O)c1cc(NC(=O)c2cc(OC)cc(OC)c2)ccc1N(C)C. The molecule has 0 aliphatic carbocycles. The molecule has 0 aromatic heterocycles. The largest absolute Gasteiger partial charge is 0.497 e. The summed E-state index contributed by atoms with van der Waals surface area (Å²) in [5, 5.41) is 5.71. The molecule has 0 saturated carbocycles. The number of nitrogens with one attached hydrogen (secondary N) is 2. The quantitative estimate of drug-likeness (QED) is 0.580. The Hall–Kier alpha value is -3.26. The van der Waals surface area contributed by atoms with Gasteiger partial charge in [0.05, 0.1) is 19.8 Å². The summed E-state index contributed by atoms with van der Waals surface area (Å²) in [5.74, 6) is 0.474. The first kappa shape index (κ1) is 23.0. The summed E-state index contributed by atoms with van der Waals surface area (Å²) in [6.45, 7) is 1.07. The zero-order chi connectivity index (χ0) is 22.1. The van der Waals surface area contributed by atoms with E-state index in [-0.39, 0.29) is 11.8 Å². The van der Waals surface area contributed by atoms with E-state index in [4.69, 9.17) is 14.2 Å².